The first kappa shape index (κ1) is 14.6. The van der Waals surface area contributed by atoms with Crippen LogP contribution in [0.2, 0.25) is 0 Å². The molecular formula is C16H21NO3S. The fraction of sp³-hybridized carbons (Fsp3) is 0.625. The van der Waals surface area contributed by atoms with E-state index in [0.717, 1.165) is 38.8 Å². The first-order valence-corrected chi connectivity index (χ1v) is 8.58. The van der Waals surface area contributed by atoms with Crippen LogP contribution < -0.4 is 0 Å². The molecule has 0 aromatic carbocycles. The third-order valence-electron chi connectivity index (χ3n) is 4.25. The van der Waals surface area contributed by atoms with Crippen molar-refractivity contribution in [2.45, 2.75) is 51.6 Å². The summed E-state index contributed by atoms with van der Waals surface area (Å²) in [5, 5.41) is 0. The number of thiophene rings is 1. The number of carbonyl (C=O) groups is 2. The normalized spacial score (nSPS) is 19.2. The number of hydrogen-bond acceptors (Lipinski definition) is 4. The van der Waals surface area contributed by atoms with Gasteiger partial charge in [-0.3, -0.25) is 4.79 Å². The Hall–Kier alpha value is -1.36. The molecule has 1 aliphatic heterocycles. The average Bonchev–Trinajstić information content (AvgIpc) is 3.15. The number of fused-ring (bicyclic) bond motifs is 1. The number of hydrogen-bond donors (Lipinski definition) is 0. The number of amides is 1. The summed E-state index contributed by atoms with van der Waals surface area (Å²) in [6, 6.07) is 1.95. The molecule has 21 heavy (non-hydrogen) atoms. The van der Waals surface area contributed by atoms with Crippen LogP contribution in [0.15, 0.2) is 6.07 Å². The van der Waals surface area contributed by atoms with Gasteiger partial charge in [0.2, 0.25) is 0 Å². The average molecular weight is 307 g/mol. The predicted octanol–water partition coefficient (Wildman–Crippen LogP) is 2.79. The van der Waals surface area contributed by atoms with E-state index in [4.69, 9.17) is 4.74 Å². The molecule has 0 N–H and O–H groups in total. The zero-order chi connectivity index (χ0) is 14.8. The third kappa shape index (κ3) is 3.12. The Morgan fingerprint density at radius 1 is 1.19 bits per heavy atom. The molecule has 2 heterocycles. The molecule has 1 aromatic heterocycles. The smallest absolute Gasteiger partial charge is 0.349 e. The number of likely N-dealkylation sites (tertiary alicyclic amines) is 1. The van der Waals surface area contributed by atoms with Gasteiger partial charge in [-0.15, -0.1) is 11.3 Å². The van der Waals surface area contributed by atoms with Gasteiger partial charge in [0.1, 0.15) is 4.88 Å². The van der Waals surface area contributed by atoms with Crippen molar-refractivity contribution in [1.82, 2.24) is 4.90 Å². The Kier molecular flexibility index (Phi) is 4.29. The lowest BCUT2D eigenvalue weighted by atomic mass is 9.99. The second kappa shape index (κ2) is 6.18. The van der Waals surface area contributed by atoms with E-state index >= 15 is 0 Å². The van der Waals surface area contributed by atoms with Gasteiger partial charge in [0.25, 0.3) is 5.91 Å². The van der Waals surface area contributed by atoms with Crippen molar-refractivity contribution in [3.63, 3.8) is 0 Å². The summed E-state index contributed by atoms with van der Waals surface area (Å²) in [5.41, 5.74) is 1.29. The summed E-state index contributed by atoms with van der Waals surface area (Å²) in [6.07, 6.45) is 5.92. The Morgan fingerprint density at radius 3 is 2.62 bits per heavy atom. The van der Waals surface area contributed by atoms with Crippen molar-refractivity contribution in [1.29, 1.82) is 0 Å². The van der Waals surface area contributed by atoms with Crippen LogP contribution in [0.25, 0.3) is 0 Å². The van der Waals surface area contributed by atoms with E-state index in [0.29, 0.717) is 4.88 Å². The predicted molar refractivity (Wildman–Crippen MR) is 81.7 cm³/mol. The highest BCUT2D eigenvalue weighted by atomic mass is 32.1. The van der Waals surface area contributed by atoms with Crippen molar-refractivity contribution >= 4 is 23.2 Å². The molecular weight excluding hydrogens is 286 g/mol. The molecule has 0 bridgehead atoms. The molecule has 1 aromatic rings. The molecule has 1 saturated heterocycles. The second-order valence-electron chi connectivity index (χ2n) is 5.85. The van der Waals surface area contributed by atoms with Gasteiger partial charge in [-0.2, -0.15) is 0 Å². The van der Waals surface area contributed by atoms with Crippen LogP contribution in [0, 0.1) is 0 Å². The molecule has 0 saturated carbocycles. The minimum Gasteiger partial charge on any atom is -0.448 e. The van der Waals surface area contributed by atoms with E-state index in [-0.39, 0.29) is 11.9 Å². The Balaban J connectivity index is 1.62. The number of carbonyl (C=O) groups excluding carboxylic acids is 2. The highest BCUT2D eigenvalue weighted by molar-refractivity contribution is 7.14. The maximum Gasteiger partial charge on any atom is 0.349 e. The molecule has 0 spiro atoms. The van der Waals surface area contributed by atoms with Crippen molar-refractivity contribution in [3.05, 3.63) is 21.4 Å². The van der Waals surface area contributed by atoms with Crippen molar-refractivity contribution in [2.75, 3.05) is 13.1 Å². The quantitative estimate of drug-likeness (QED) is 0.807. The summed E-state index contributed by atoms with van der Waals surface area (Å²) in [4.78, 5) is 28.1. The molecule has 1 unspecified atom stereocenters. The molecule has 4 nitrogen and oxygen atoms in total. The van der Waals surface area contributed by atoms with E-state index < -0.39 is 6.10 Å². The van der Waals surface area contributed by atoms with Gasteiger partial charge in [-0.05, 0) is 57.1 Å². The van der Waals surface area contributed by atoms with E-state index in [1.807, 2.05) is 6.07 Å². The van der Waals surface area contributed by atoms with Gasteiger partial charge < -0.3 is 9.64 Å². The second-order valence-corrected chi connectivity index (χ2v) is 6.98. The maximum atomic E-state index is 12.2. The van der Waals surface area contributed by atoms with Crippen LogP contribution in [-0.2, 0) is 22.4 Å². The van der Waals surface area contributed by atoms with Crippen molar-refractivity contribution in [2.24, 2.45) is 0 Å². The molecule has 5 heteroatoms. The molecule has 1 amide bonds. The van der Waals surface area contributed by atoms with Crippen LogP contribution in [0.5, 0.6) is 0 Å². The topological polar surface area (TPSA) is 46.6 Å². The summed E-state index contributed by atoms with van der Waals surface area (Å²) < 4.78 is 5.37. The van der Waals surface area contributed by atoms with Crippen LogP contribution in [0.4, 0.5) is 0 Å². The number of rotatable bonds is 3. The maximum absolute atomic E-state index is 12.2. The monoisotopic (exact) mass is 307 g/mol. The Morgan fingerprint density at radius 2 is 1.90 bits per heavy atom. The zero-order valence-corrected chi connectivity index (χ0v) is 13.2. The summed E-state index contributed by atoms with van der Waals surface area (Å²) in [6.45, 7) is 3.24. The van der Waals surface area contributed by atoms with Crippen LogP contribution in [0.3, 0.4) is 0 Å². The van der Waals surface area contributed by atoms with E-state index in [1.54, 1.807) is 11.8 Å². The number of ether oxygens (including phenoxy) is 1. The van der Waals surface area contributed by atoms with Gasteiger partial charge >= 0.3 is 5.97 Å². The number of nitrogens with zero attached hydrogens (tertiary/aromatic N) is 1. The minimum absolute atomic E-state index is 0.0674. The molecule has 3 rings (SSSR count). The SMILES string of the molecule is CC(OC(=O)c1cc2c(s1)CCCC2)C(=O)N1CCCC1. The van der Waals surface area contributed by atoms with Gasteiger partial charge in [-0.25, -0.2) is 4.79 Å². The molecule has 1 atom stereocenters. The molecule has 1 aliphatic carbocycles. The largest absolute Gasteiger partial charge is 0.448 e. The first-order chi connectivity index (χ1) is 10.1. The molecule has 1 fully saturated rings. The van der Waals surface area contributed by atoms with Gasteiger partial charge in [0.05, 0.1) is 0 Å². The van der Waals surface area contributed by atoms with E-state index in [9.17, 15) is 9.59 Å². The van der Waals surface area contributed by atoms with E-state index in [1.165, 1.54) is 34.6 Å². The van der Waals surface area contributed by atoms with Crippen molar-refractivity contribution < 1.29 is 14.3 Å². The van der Waals surface area contributed by atoms with Gasteiger partial charge in [-0.1, -0.05) is 0 Å². The molecule has 0 radical (unpaired) electrons. The zero-order valence-electron chi connectivity index (χ0n) is 12.4. The fourth-order valence-electron chi connectivity index (χ4n) is 3.05. The minimum atomic E-state index is -0.685. The standard InChI is InChI=1S/C16H21NO3S/c1-11(15(18)17-8-4-5-9-17)20-16(19)14-10-12-6-2-3-7-13(12)21-14/h10-11H,2-9H2,1H3. The van der Waals surface area contributed by atoms with Crippen LogP contribution in [0.1, 0.15) is 52.7 Å². The fourth-order valence-corrected chi connectivity index (χ4v) is 4.19. The summed E-state index contributed by atoms with van der Waals surface area (Å²) in [7, 11) is 0. The lowest BCUT2D eigenvalue weighted by molar-refractivity contribution is -0.138. The highest BCUT2D eigenvalue weighted by Crippen LogP contribution is 2.30. The van der Waals surface area contributed by atoms with Crippen LogP contribution >= 0.6 is 11.3 Å². The summed E-state index contributed by atoms with van der Waals surface area (Å²) >= 11 is 1.53. The van der Waals surface area contributed by atoms with E-state index in [2.05, 4.69) is 0 Å². The third-order valence-corrected chi connectivity index (χ3v) is 5.46. The van der Waals surface area contributed by atoms with Gasteiger partial charge in [0, 0.05) is 18.0 Å². The molecule has 2 aliphatic rings. The van der Waals surface area contributed by atoms with Crippen LogP contribution in [-0.4, -0.2) is 36.0 Å². The number of aryl methyl sites for hydroxylation is 2. The van der Waals surface area contributed by atoms with Gasteiger partial charge in [0.15, 0.2) is 6.10 Å². The summed E-state index contributed by atoms with van der Waals surface area (Å²) in [5.74, 6) is -0.420. The Labute approximate surface area is 129 Å². The first-order valence-electron chi connectivity index (χ1n) is 7.76. The number of esters is 1. The lowest BCUT2D eigenvalue weighted by Crippen LogP contribution is -2.38. The lowest BCUT2D eigenvalue weighted by Gasteiger charge is -2.20. The van der Waals surface area contributed by atoms with Crippen molar-refractivity contribution in [3.8, 4) is 0 Å². The highest BCUT2D eigenvalue weighted by Gasteiger charge is 2.27. The molecule has 114 valence electrons. The Bertz CT molecular complexity index is 522.